The number of sulfonamides is 1. The molecule has 9 nitrogen and oxygen atoms in total. The molecule has 3 heterocycles. The Morgan fingerprint density at radius 2 is 1.85 bits per heavy atom. The van der Waals surface area contributed by atoms with Gasteiger partial charge in [0.1, 0.15) is 0 Å². The number of nitrogens with zero attached hydrogens (tertiary/aromatic N) is 4. The Balaban J connectivity index is 1.26. The van der Waals surface area contributed by atoms with Gasteiger partial charge in [-0.25, -0.2) is 8.42 Å². The molecule has 0 saturated carbocycles. The Labute approximate surface area is 195 Å². The first-order valence-electron chi connectivity index (χ1n) is 10.6. The molecule has 0 radical (unpaired) electrons. The minimum absolute atomic E-state index is 0.0247. The third kappa shape index (κ3) is 4.54. The fraction of sp³-hybridized carbons (Fsp3) is 0.318. The van der Waals surface area contributed by atoms with Gasteiger partial charge in [-0.1, -0.05) is 36.0 Å². The van der Waals surface area contributed by atoms with Gasteiger partial charge in [0.2, 0.25) is 21.8 Å². The first-order chi connectivity index (χ1) is 16.0. The maximum atomic E-state index is 12.9. The van der Waals surface area contributed by atoms with Gasteiger partial charge in [0.25, 0.3) is 5.22 Å². The number of ether oxygens (including phenoxy) is 1. The molecule has 5 rings (SSSR count). The molecular weight excluding hydrogens is 464 g/mol. The highest BCUT2D eigenvalue weighted by Crippen LogP contribution is 2.30. The van der Waals surface area contributed by atoms with E-state index >= 15 is 0 Å². The molecule has 1 fully saturated rings. The van der Waals surface area contributed by atoms with Gasteiger partial charge in [-0.3, -0.25) is 4.79 Å². The van der Waals surface area contributed by atoms with E-state index in [2.05, 4.69) is 10.2 Å². The lowest BCUT2D eigenvalue weighted by atomic mass is 10.2. The number of hydrogen-bond acceptors (Lipinski definition) is 8. The molecule has 172 valence electrons. The van der Waals surface area contributed by atoms with Gasteiger partial charge in [0.15, 0.2) is 0 Å². The van der Waals surface area contributed by atoms with Crippen molar-refractivity contribution < 1.29 is 22.4 Å². The SMILES string of the molecule is O=C(CSc1nnc(-c2cccc(S(=O)(=O)N3CCOCC3)c2)o1)N1CCc2ccccc21. The molecule has 33 heavy (non-hydrogen) atoms. The summed E-state index contributed by atoms with van der Waals surface area (Å²) in [4.78, 5) is 14.6. The number of morpholine rings is 1. The third-order valence-corrected chi connectivity index (χ3v) is 8.30. The van der Waals surface area contributed by atoms with Crippen LogP contribution in [0, 0.1) is 0 Å². The zero-order valence-corrected chi connectivity index (χ0v) is 19.3. The average molecular weight is 487 g/mol. The highest BCUT2D eigenvalue weighted by atomic mass is 32.2. The van der Waals surface area contributed by atoms with Crippen LogP contribution in [0.3, 0.4) is 0 Å². The number of carbonyl (C=O) groups excluding carboxylic acids is 1. The number of aromatic nitrogens is 2. The van der Waals surface area contributed by atoms with Crippen LogP contribution in [0.4, 0.5) is 5.69 Å². The van der Waals surface area contributed by atoms with Crippen LogP contribution in [-0.2, 0) is 26.0 Å². The monoisotopic (exact) mass is 486 g/mol. The molecule has 0 unspecified atom stereocenters. The van der Waals surface area contributed by atoms with Crippen molar-refractivity contribution in [3.63, 3.8) is 0 Å². The van der Waals surface area contributed by atoms with Gasteiger partial charge in [0, 0.05) is 30.9 Å². The van der Waals surface area contributed by atoms with E-state index in [9.17, 15) is 13.2 Å². The minimum Gasteiger partial charge on any atom is -0.411 e. The van der Waals surface area contributed by atoms with Crippen molar-refractivity contribution in [2.75, 3.05) is 43.5 Å². The Kier molecular flexibility index (Phi) is 6.19. The zero-order valence-electron chi connectivity index (χ0n) is 17.7. The molecule has 2 aliphatic rings. The first-order valence-corrected chi connectivity index (χ1v) is 13.0. The minimum atomic E-state index is -3.63. The summed E-state index contributed by atoms with van der Waals surface area (Å²) >= 11 is 1.17. The van der Waals surface area contributed by atoms with E-state index in [0.717, 1.165) is 12.1 Å². The van der Waals surface area contributed by atoms with Crippen molar-refractivity contribution in [3.8, 4) is 11.5 Å². The molecule has 0 aliphatic carbocycles. The second kappa shape index (κ2) is 9.26. The van der Waals surface area contributed by atoms with Gasteiger partial charge in [-0.05, 0) is 36.2 Å². The molecule has 1 aromatic heterocycles. The Bertz CT molecular complexity index is 1270. The first kappa shape index (κ1) is 22.1. The lowest BCUT2D eigenvalue weighted by Crippen LogP contribution is -2.40. The topological polar surface area (TPSA) is 106 Å². The molecule has 1 saturated heterocycles. The number of rotatable bonds is 6. The van der Waals surface area contributed by atoms with E-state index in [-0.39, 0.29) is 27.7 Å². The molecule has 11 heteroatoms. The van der Waals surface area contributed by atoms with Crippen LogP contribution in [0.1, 0.15) is 5.56 Å². The second-order valence-electron chi connectivity index (χ2n) is 7.63. The molecular formula is C22H22N4O5S2. The van der Waals surface area contributed by atoms with Gasteiger partial charge in [0.05, 0.1) is 23.9 Å². The maximum absolute atomic E-state index is 12.9. The van der Waals surface area contributed by atoms with Crippen LogP contribution in [0.5, 0.6) is 0 Å². The van der Waals surface area contributed by atoms with E-state index < -0.39 is 10.0 Å². The normalized spacial score (nSPS) is 16.7. The van der Waals surface area contributed by atoms with Gasteiger partial charge in [-0.15, -0.1) is 10.2 Å². The van der Waals surface area contributed by atoms with E-state index in [1.54, 1.807) is 23.1 Å². The molecule has 2 aliphatic heterocycles. The van der Waals surface area contributed by atoms with Crippen LogP contribution < -0.4 is 4.90 Å². The highest BCUT2D eigenvalue weighted by Gasteiger charge is 2.27. The van der Waals surface area contributed by atoms with Crippen LogP contribution in [-0.4, -0.2) is 67.4 Å². The summed E-state index contributed by atoms with van der Waals surface area (Å²) in [5, 5.41) is 8.32. The average Bonchev–Trinajstić information content (AvgIpc) is 3.51. The summed E-state index contributed by atoms with van der Waals surface area (Å²) < 4.78 is 38.2. The summed E-state index contributed by atoms with van der Waals surface area (Å²) in [6, 6.07) is 14.3. The predicted octanol–water partition coefficient (Wildman–Crippen LogP) is 2.44. The van der Waals surface area contributed by atoms with Crippen LogP contribution in [0.25, 0.3) is 11.5 Å². The lowest BCUT2D eigenvalue weighted by molar-refractivity contribution is -0.116. The number of carbonyl (C=O) groups is 1. The standard InChI is InChI=1S/C22H22N4O5S2/c27-20(26-9-8-16-4-1-2-7-19(16)26)15-32-22-24-23-21(31-22)17-5-3-6-18(14-17)33(28,29)25-10-12-30-13-11-25/h1-7,14H,8-13,15H2. The summed E-state index contributed by atoms with van der Waals surface area (Å²) in [5.41, 5.74) is 2.62. The van der Waals surface area contributed by atoms with Crippen molar-refractivity contribution in [3.05, 3.63) is 54.1 Å². The molecule has 0 spiro atoms. The highest BCUT2D eigenvalue weighted by molar-refractivity contribution is 7.99. The number of hydrogen-bond donors (Lipinski definition) is 0. The summed E-state index contributed by atoms with van der Waals surface area (Å²) in [6.07, 6.45) is 0.848. The molecule has 0 N–H and O–H groups in total. The largest absolute Gasteiger partial charge is 0.411 e. The summed E-state index contributed by atoms with van der Waals surface area (Å²) in [6.45, 7) is 2.07. The number of anilines is 1. The quantitative estimate of drug-likeness (QED) is 0.489. The Morgan fingerprint density at radius 1 is 1.03 bits per heavy atom. The predicted molar refractivity (Wildman–Crippen MR) is 123 cm³/mol. The third-order valence-electron chi connectivity index (χ3n) is 5.60. The van der Waals surface area contributed by atoms with Crippen molar-refractivity contribution in [1.29, 1.82) is 0 Å². The van der Waals surface area contributed by atoms with E-state index in [4.69, 9.17) is 9.15 Å². The zero-order chi connectivity index (χ0) is 22.8. The van der Waals surface area contributed by atoms with E-state index in [1.807, 2.05) is 24.3 Å². The van der Waals surface area contributed by atoms with Gasteiger partial charge in [-0.2, -0.15) is 4.31 Å². The maximum Gasteiger partial charge on any atom is 0.277 e. The van der Waals surface area contributed by atoms with Crippen LogP contribution in [0.2, 0.25) is 0 Å². The van der Waals surface area contributed by atoms with Crippen molar-refractivity contribution in [1.82, 2.24) is 14.5 Å². The number of fused-ring (bicyclic) bond motifs is 1. The van der Waals surface area contributed by atoms with Crippen molar-refractivity contribution >= 4 is 33.4 Å². The van der Waals surface area contributed by atoms with Crippen LogP contribution in [0.15, 0.2) is 63.1 Å². The van der Waals surface area contributed by atoms with Gasteiger partial charge < -0.3 is 14.1 Å². The number of benzene rings is 2. The fourth-order valence-electron chi connectivity index (χ4n) is 3.91. The van der Waals surface area contributed by atoms with Crippen LogP contribution >= 0.6 is 11.8 Å². The van der Waals surface area contributed by atoms with Gasteiger partial charge >= 0.3 is 0 Å². The number of para-hydroxylation sites is 1. The molecule has 0 bridgehead atoms. The molecule has 2 aromatic carbocycles. The summed E-state index contributed by atoms with van der Waals surface area (Å²) in [5.74, 6) is 0.348. The number of thioether (sulfide) groups is 1. The molecule has 0 atom stereocenters. The molecule has 1 amide bonds. The van der Waals surface area contributed by atoms with Crippen molar-refractivity contribution in [2.45, 2.75) is 16.5 Å². The Morgan fingerprint density at radius 3 is 2.70 bits per heavy atom. The number of amides is 1. The molecule has 3 aromatic rings. The van der Waals surface area contributed by atoms with Crippen molar-refractivity contribution in [2.24, 2.45) is 0 Å². The summed E-state index contributed by atoms with van der Waals surface area (Å²) in [7, 11) is -3.63. The van der Waals surface area contributed by atoms with E-state index in [1.165, 1.54) is 27.7 Å². The Hall–Kier alpha value is -2.73. The second-order valence-corrected chi connectivity index (χ2v) is 10.5. The fourth-order valence-corrected chi connectivity index (χ4v) is 6.00. The lowest BCUT2D eigenvalue weighted by Gasteiger charge is -2.26. The smallest absolute Gasteiger partial charge is 0.277 e. The van der Waals surface area contributed by atoms with E-state index in [0.29, 0.717) is 38.4 Å².